The van der Waals surface area contributed by atoms with Crippen molar-refractivity contribution in [1.29, 1.82) is 0 Å². The largest absolute Gasteiger partial charge is 0.227 e. The topological polar surface area (TPSA) is 25.8 Å². The van der Waals surface area contributed by atoms with Gasteiger partial charge >= 0.3 is 0 Å². The fourth-order valence-corrected chi connectivity index (χ4v) is 2.55. The first-order chi connectivity index (χ1) is 7.02. The van der Waals surface area contributed by atoms with Crippen LogP contribution in [0.5, 0.6) is 0 Å². The van der Waals surface area contributed by atoms with Crippen LogP contribution in [0.3, 0.4) is 0 Å². The van der Waals surface area contributed by atoms with Gasteiger partial charge in [-0.1, -0.05) is 27.7 Å². The Bertz CT molecular complexity index is 328. The van der Waals surface area contributed by atoms with Gasteiger partial charge in [0.05, 0.1) is 0 Å². The summed E-state index contributed by atoms with van der Waals surface area (Å²) in [5, 5.41) is 1.64. The zero-order chi connectivity index (χ0) is 11.4. The SMILES string of the molecule is CCc1nc(Br)cc(SC(C)C(C)C)n1. The maximum atomic E-state index is 4.50. The van der Waals surface area contributed by atoms with Crippen molar-refractivity contribution < 1.29 is 0 Å². The van der Waals surface area contributed by atoms with Crippen molar-refractivity contribution in [3.8, 4) is 0 Å². The van der Waals surface area contributed by atoms with Crippen LogP contribution in [0, 0.1) is 5.92 Å². The second kappa shape index (κ2) is 5.85. The van der Waals surface area contributed by atoms with Gasteiger partial charge in [-0.15, -0.1) is 11.8 Å². The number of hydrogen-bond acceptors (Lipinski definition) is 3. The van der Waals surface area contributed by atoms with E-state index in [0.29, 0.717) is 11.2 Å². The first kappa shape index (κ1) is 13.0. The minimum atomic E-state index is 0.580. The summed E-state index contributed by atoms with van der Waals surface area (Å²) in [6.45, 7) is 8.77. The summed E-state index contributed by atoms with van der Waals surface area (Å²) < 4.78 is 0.882. The molecule has 0 spiro atoms. The van der Waals surface area contributed by atoms with E-state index in [-0.39, 0.29) is 0 Å². The molecule has 0 N–H and O–H groups in total. The minimum Gasteiger partial charge on any atom is -0.227 e. The first-order valence-corrected chi connectivity index (χ1v) is 6.90. The van der Waals surface area contributed by atoms with Crippen LogP contribution in [0.2, 0.25) is 0 Å². The Labute approximate surface area is 104 Å². The molecule has 0 saturated heterocycles. The Hall–Kier alpha value is -0.0900. The molecule has 0 fully saturated rings. The molecule has 2 nitrogen and oxygen atoms in total. The molecule has 0 aliphatic carbocycles. The standard InChI is InChI=1S/C11H17BrN2S/c1-5-10-13-9(12)6-11(14-10)15-8(4)7(2)3/h6-8H,5H2,1-4H3. The van der Waals surface area contributed by atoms with Crippen LogP contribution in [0.1, 0.15) is 33.5 Å². The van der Waals surface area contributed by atoms with E-state index in [9.17, 15) is 0 Å². The summed E-state index contributed by atoms with van der Waals surface area (Å²) in [5.74, 6) is 1.57. The second-order valence-corrected chi connectivity index (χ2v) is 6.08. The van der Waals surface area contributed by atoms with E-state index in [0.717, 1.165) is 21.9 Å². The second-order valence-electron chi connectivity index (χ2n) is 3.87. The number of thioether (sulfide) groups is 1. The van der Waals surface area contributed by atoms with Crippen molar-refractivity contribution in [2.45, 2.75) is 44.4 Å². The third-order valence-corrected chi connectivity index (χ3v) is 4.05. The van der Waals surface area contributed by atoms with Gasteiger partial charge in [0, 0.05) is 17.7 Å². The molecule has 15 heavy (non-hydrogen) atoms. The highest BCUT2D eigenvalue weighted by Crippen LogP contribution is 2.27. The molecule has 1 heterocycles. The average Bonchev–Trinajstić information content (AvgIpc) is 2.16. The maximum absolute atomic E-state index is 4.50. The van der Waals surface area contributed by atoms with E-state index < -0.39 is 0 Å². The number of hydrogen-bond donors (Lipinski definition) is 0. The van der Waals surface area contributed by atoms with Crippen LogP contribution in [0.25, 0.3) is 0 Å². The van der Waals surface area contributed by atoms with E-state index >= 15 is 0 Å². The molecular formula is C11H17BrN2S. The van der Waals surface area contributed by atoms with E-state index in [1.54, 1.807) is 0 Å². The van der Waals surface area contributed by atoms with Gasteiger partial charge in [-0.2, -0.15) is 0 Å². The number of aromatic nitrogens is 2. The monoisotopic (exact) mass is 288 g/mol. The molecule has 1 aromatic rings. The van der Waals surface area contributed by atoms with Crippen molar-refractivity contribution in [3.63, 3.8) is 0 Å². The molecule has 1 unspecified atom stereocenters. The molecule has 0 amide bonds. The number of halogens is 1. The molecule has 0 radical (unpaired) electrons. The lowest BCUT2D eigenvalue weighted by Gasteiger charge is -2.14. The minimum absolute atomic E-state index is 0.580. The van der Waals surface area contributed by atoms with E-state index in [2.05, 4.69) is 53.6 Å². The van der Waals surface area contributed by atoms with Gasteiger partial charge in [-0.25, -0.2) is 9.97 Å². The lowest BCUT2D eigenvalue weighted by Crippen LogP contribution is -2.06. The highest BCUT2D eigenvalue weighted by Gasteiger charge is 2.11. The smallest absolute Gasteiger partial charge is 0.130 e. The predicted molar refractivity (Wildman–Crippen MR) is 69.3 cm³/mol. The number of nitrogens with zero attached hydrogens (tertiary/aromatic N) is 2. The predicted octanol–water partition coefficient (Wildman–Crippen LogP) is 3.94. The summed E-state index contributed by atoms with van der Waals surface area (Å²) in [4.78, 5) is 8.79. The molecule has 84 valence electrons. The Balaban J connectivity index is 2.80. The summed E-state index contributed by atoms with van der Waals surface area (Å²) in [7, 11) is 0. The molecule has 0 saturated carbocycles. The normalized spacial score (nSPS) is 13.2. The van der Waals surface area contributed by atoms with Crippen molar-refractivity contribution in [2.24, 2.45) is 5.92 Å². The van der Waals surface area contributed by atoms with Crippen LogP contribution in [-0.4, -0.2) is 15.2 Å². The Morgan fingerprint density at radius 2 is 2.00 bits per heavy atom. The van der Waals surface area contributed by atoms with E-state index in [4.69, 9.17) is 0 Å². The van der Waals surface area contributed by atoms with Gasteiger partial charge in [-0.05, 0) is 21.8 Å². The molecule has 0 aromatic carbocycles. The van der Waals surface area contributed by atoms with Crippen LogP contribution >= 0.6 is 27.7 Å². The zero-order valence-electron chi connectivity index (χ0n) is 9.62. The van der Waals surface area contributed by atoms with Gasteiger partial charge in [0.2, 0.25) is 0 Å². The first-order valence-electron chi connectivity index (χ1n) is 5.23. The molecular weight excluding hydrogens is 272 g/mol. The van der Waals surface area contributed by atoms with Crippen LogP contribution in [-0.2, 0) is 6.42 Å². The van der Waals surface area contributed by atoms with Gasteiger partial charge in [0.15, 0.2) is 0 Å². The van der Waals surface area contributed by atoms with Crippen molar-refractivity contribution >= 4 is 27.7 Å². The Morgan fingerprint density at radius 1 is 1.33 bits per heavy atom. The summed E-state index contributed by atoms with van der Waals surface area (Å²) in [6, 6.07) is 1.99. The van der Waals surface area contributed by atoms with Crippen molar-refractivity contribution in [3.05, 3.63) is 16.5 Å². The third kappa shape index (κ3) is 4.11. The quantitative estimate of drug-likeness (QED) is 0.620. The molecule has 1 aromatic heterocycles. The van der Waals surface area contributed by atoms with E-state index in [1.807, 2.05) is 17.8 Å². The zero-order valence-corrected chi connectivity index (χ0v) is 12.0. The van der Waals surface area contributed by atoms with Gasteiger partial charge in [0.25, 0.3) is 0 Å². The third-order valence-electron chi connectivity index (χ3n) is 2.28. The van der Waals surface area contributed by atoms with E-state index in [1.165, 1.54) is 0 Å². The number of rotatable bonds is 4. The lowest BCUT2D eigenvalue weighted by molar-refractivity contribution is 0.641. The van der Waals surface area contributed by atoms with Crippen molar-refractivity contribution in [1.82, 2.24) is 9.97 Å². The molecule has 0 aliphatic rings. The van der Waals surface area contributed by atoms with Gasteiger partial charge in [0.1, 0.15) is 15.5 Å². The molecule has 0 bridgehead atoms. The molecule has 0 aliphatic heterocycles. The van der Waals surface area contributed by atoms with Gasteiger partial charge < -0.3 is 0 Å². The number of aryl methyl sites for hydroxylation is 1. The average molecular weight is 289 g/mol. The maximum Gasteiger partial charge on any atom is 0.130 e. The summed E-state index contributed by atoms with van der Waals surface area (Å²) in [6.07, 6.45) is 0.878. The molecule has 4 heteroatoms. The van der Waals surface area contributed by atoms with Crippen LogP contribution in [0.4, 0.5) is 0 Å². The molecule has 1 rings (SSSR count). The highest BCUT2D eigenvalue weighted by atomic mass is 79.9. The van der Waals surface area contributed by atoms with Crippen molar-refractivity contribution in [2.75, 3.05) is 0 Å². The fourth-order valence-electron chi connectivity index (χ4n) is 0.987. The molecule has 1 atom stereocenters. The van der Waals surface area contributed by atoms with Crippen LogP contribution < -0.4 is 0 Å². The summed E-state index contributed by atoms with van der Waals surface area (Å²) in [5.41, 5.74) is 0. The van der Waals surface area contributed by atoms with Gasteiger partial charge in [-0.3, -0.25) is 0 Å². The Morgan fingerprint density at radius 3 is 2.53 bits per heavy atom. The Kier molecular flexibility index (Phi) is 5.06. The lowest BCUT2D eigenvalue weighted by atomic mass is 10.2. The summed E-state index contributed by atoms with van der Waals surface area (Å²) >= 11 is 5.23. The van der Waals surface area contributed by atoms with Crippen LogP contribution in [0.15, 0.2) is 15.7 Å². The fraction of sp³-hybridized carbons (Fsp3) is 0.636. The highest BCUT2D eigenvalue weighted by molar-refractivity contribution is 9.10.